The van der Waals surface area contributed by atoms with Crippen molar-refractivity contribution in [1.29, 1.82) is 0 Å². The molecule has 0 radical (unpaired) electrons. The second kappa shape index (κ2) is 12.1. The van der Waals surface area contributed by atoms with Crippen LogP contribution in [0, 0.1) is 14.9 Å². The average Bonchev–Trinajstić information content (AvgIpc) is 3.66. The van der Waals surface area contributed by atoms with Crippen LogP contribution >= 0.6 is 0 Å². The fourth-order valence-electron chi connectivity index (χ4n) is 6.75. The first-order valence-electron chi connectivity index (χ1n) is 14.4. The van der Waals surface area contributed by atoms with Gasteiger partial charge in [-0.25, -0.2) is 0 Å². The molecule has 8 rings (SSSR count). The molecule has 0 saturated carbocycles. The Labute approximate surface area is 280 Å². The minimum absolute atomic E-state index is 0. The zero-order chi connectivity index (χ0) is 27.6. The van der Waals surface area contributed by atoms with Gasteiger partial charge in [0.2, 0.25) is 0 Å². The largest absolute Gasteiger partial charge is 4.00 e. The van der Waals surface area contributed by atoms with Crippen LogP contribution < -0.4 is 0 Å². The van der Waals surface area contributed by atoms with E-state index in [-0.39, 0.29) is 46.1 Å². The second-order valence-corrected chi connectivity index (χ2v) is 11.8. The number of hydrogen-bond donors (Lipinski definition) is 0. The predicted molar refractivity (Wildman–Crippen MR) is 190 cm³/mol. The molecule has 44 heavy (non-hydrogen) atoms. The SMILES string of the molecule is CC(C)(c1cc2c(-c3cccc4ccccc34)cccc2[cH-]1)c1cc2c(-c3cccc4ccccc34)cccc2[cH-]1.[CH3-].[CH3-].[Hf+4]. The number of benzene rings is 6. The molecular weight excluding hydrogens is 695 g/mol. The maximum atomic E-state index is 2.43. The molecule has 0 nitrogen and oxygen atoms in total. The minimum atomic E-state index is -0.149. The van der Waals surface area contributed by atoms with Gasteiger partial charge >= 0.3 is 25.8 Å². The van der Waals surface area contributed by atoms with Crippen molar-refractivity contribution in [2.24, 2.45) is 0 Å². The molecule has 0 atom stereocenters. The summed E-state index contributed by atoms with van der Waals surface area (Å²) in [6.45, 7) is 4.73. The number of fused-ring (bicyclic) bond motifs is 4. The van der Waals surface area contributed by atoms with Gasteiger partial charge in [-0.1, -0.05) is 122 Å². The zero-order valence-corrected chi connectivity index (χ0v) is 29.4. The molecule has 1 heteroatoms. The summed E-state index contributed by atoms with van der Waals surface area (Å²) < 4.78 is 0. The van der Waals surface area contributed by atoms with Gasteiger partial charge in [0.05, 0.1) is 0 Å². The van der Waals surface area contributed by atoms with Crippen molar-refractivity contribution in [2.75, 3.05) is 0 Å². The Morgan fingerprint density at radius 2 is 0.750 bits per heavy atom. The molecule has 0 aliphatic carbocycles. The van der Waals surface area contributed by atoms with Gasteiger partial charge in [0.15, 0.2) is 0 Å². The van der Waals surface area contributed by atoms with E-state index >= 15 is 0 Å². The summed E-state index contributed by atoms with van der Waals surface area (Å²) in [4.78, 5) is 0. The summed E-state index contributed by atoms with van der Waals surface area (Å²) in [5.41, 5.74) is 7.73. The van der Waals surface area contributed by atoms with E-state index in [4.69, 9.17) is 0 Å². The van der Waals surface area contributed by atoms with Crippen molar-refractivity contribution in [3.8, 4) is 22.3 Å². The van der Waals surface area contributed by atoms with Gasteiger partial charge in [-0.2, -0.15) is 12.1 Å². The molecule has 0 spiro atoms. The first-order valence-corrected chi connectivity index (χ1v) is 14.4. The van der Waals surface area contributed by atoms with E-state index in [0.29, 0.717) is 0 Å². The van der Waals surface area contributed by atoms with Crippen LogP contribution in [0.5, 0.6) is 0 Å². The van der Waals surface area contributed by atoms with Crippen LogP contribution in [0.25, 0.3) is 65.3 Å². The summed E-state index contributed by atoms with van der Waals surface area (Å²) >= 11 is 0. The van der Waals surface area contributed by atoms with Crippen LogP contribution in [0.15, 0.2) is 146 Å². The normalized spacial score (nSPS) is 11.3. The van der Waals surface area contributed by atoms with Gasteiger partial charge in [0.1, 0.15) is 0 Å². The molecule has 0 amide bonds. The van der Waals surface area contributed by atoms with E-state index in [0.717, 1.165) is 0 Å². The molecular formula is C43H36Hf. The van der Waals surface area contributed by atoms with Crippen molar-refractivity contribution < 1.29 is 25.8 Å². The summed E-state index contributed by atoms with van der Waals surface area (Å²) in [5, 5.41) is 10.4. The van der Waals surface area contributed by atoms with Gasteiger partial charge in [-0.15, -0.1) is 69.1 Å². The Kier molecular flexibility index (Phi) is 8.65. The molecule has 0 bridgehead atoms. The van der Waals surface area contributed by atoms with Gasteiger partial charge in [0.25, 0.3) is 0 Å². The van der Waals surface area contributed by atoms with Gasteiger partial charge in [-0.05, 0) is 38.1 Å². The summed E-state index contributed by atoms with van der Waals surface area (Å²) in [7, 11) is 0. The maximum Gasteiger partial charge on any atom is 4.00 e. The Morgan fingerprint density at radius 1 is 0.409 bits per heavy atom. The molecule has 0 N–H and O–H groups in total. The fourth-order valence-corrected chi connectivity index (χ4v) is 6.75. The van der Waals surface area contributed by atoms with Crippen LogP contribution in [0.2, 0.25) is 0 Å². The molecule has 8 aromatic carbocycles. The smallest absolute Gasteiger partial charge is 0.358 e. The Bertz CT molecular complexity index is 2070. The second-order valence-electron chi connectivity index (χ2n) is 11.8. The van der Waals surface area contributed by atoms with Gasteiger partial charge in [0, 0.05) is 0 Å². The van der Waals surface area contributed by atoms with Crippen LogP contribution in [0.1, 0.15) is 25.0 Å². The number of hydrogen-bond acceptors (Lipinski definition) is 0. The third-order valence-corrected chi connectivity index (χ3v) is 9.10. The van der Waals surface area contributed by atoms with E-state index < -0.39 is 0 Å². The van der Waals surface area contributed by atoms with Crippen LogP contribution in [-0.4, -0.2) is 0 Å². The first-order chi connectivity index (χ1) is 20.1. The van der Waals surface area contributed by atoms with Crippen LogP contribution in [-0.2, 0) is 31.3 Å². The molecule has 0 saturated heterocycles. The van der Waals surface area contributed by atoms with Crippen molar-refractivity contribution in [1.82, 2.24) is 0 Å². The first kappa shape index (κ1) is 31.4. The van der Waals surface area contributed by atoms with Gasteiger partial charge in [-0.3, -0.25) is 0 Å². The summed E-state index contributed by atoms with van der Waals surface area (Å²) in [6, 6.07) is 53.7. The molecule has 212 valence electrons. The quantitative estimate of drug-likeness (QED) is 0.125. The van der Waals surface area contributed by atoms with Crippen molar-refractivity contribution in [3.63, 3.8) is 0 Å². The molecule has 8 aromatic rings. The molecule has 0 heterocycles. The third kappa shape index (κ3) is 4.98. The molecule has 0 aliphatic rings. The zero-order valence-electron chi connectivity index (χ0n) is 25.9. The monoisotopic (exact) mass is 732 g/mol. The topological polar surface area (TPSA) is 0 Å². The number of rotatable bonds is 4. The van der Waals surface area contributed by atoms with E-state index in [1.807, 2.05) is 0 Å². The van der Waals surface area contributed by atoms with E-state index in [2.05, 4.69) is 159 Å². The predicted octanol–water partition coefficient (Wildman–Crippen LogP) is 12.3. The van der Waals surface area contributed by atoms with Crippen LogP contribution in [0.4, 0.5) is 0 Å². The Hall–Kier alpha value is -4.07. The van der Waals surface area contributed by atoms with Crippen molar-refractivity contribution >= 4 is 43.1 Å². The Balaban J connectivity index is 0.00000128. The standard InChI is InChI=1S/C41H30.2CH3.Hf/c1-41(2,31-23-29-15-9-21-37(39(29)25-31)35-19-7-13-27-11-3-5-17-33(27)35)32-24-30-16-10-22-38(40(30)26-32)36-20-8-14-28-12-4-6-18-34(28)36;;;/h3-26H,1-2H3;2*1H3;/q-2;2*-1;+4. The van der Waals surface area contributed by atoms with Crippen molar-refractivity contribution in [2.45, 2.75) is 19.3 Å². The van der Waals surface area contributed by atoms with E-state index in [9.17, 15) is 0 Å². The fraction of sp³-hybridized carbons (Fsp3) is 0.0698. The average molecular weight is 731 g/mol. The van der Waals surface area contributed by atoms with Crippen LogP contribution in [0.3, 0.4) is 0 Å². The maximum absolute atomic E-state index is 2.43. The summed E-state index contributed by atoms with van der Waals surface area (Å²) in [6.07, 6.45) is 0. The minimum Gasteiger partial charge on any atom is -0.358 e. The molecule has 0 fully saturated rings. The van der Waals surface area contributed by atoms with Gasteiger partial charge < -0.3 is 14.9 Å². The Morgan fingerprint density at radius 3 is 1.18 bits per heavy atom. The molecule has 0 aliphatic heterocycles. The third-order valence-electron chi connectivity index (χ3n) is 9.10. The summed E-state index contributed by atoms with van der Waals surface area (Å²) in [5.74, 6) is 0. The van der Waals surface area contributed by atoms with Crippen molar-refractivity contribution in [3.05, 3.63) is 172 Å². The molecule has 0 unspecified atom stereocenters. The van der Waals surface area contributed by atoms with E-state index in [1.54, 1.807) is 0 Å². The van der Waals surface area contributed by atoms with E-state index in [1.165, 1.54) is 76.5 Å². The molecule has 0 aromatic heterocycles.